The number of methoxy groups -OCH3 is 1. The minimum atomic E-state index is -5.06. The van der Waals surface area contributed by atoms with E-state index < -0.39 is 59.5 Å². The number of hydrogen-bond donors (Lipinski definition) is 4. The molecule has 21 nitrogen and oxygen atoms in total. The summed E-state index contributed by atoms with van der Waals surface area (Å²) >= 11 is 0.919. The van der Waals surface area contributed by atoms with Crippen LogP contribution in [0.3, 0.4) is 0 Å². The van der Waals surface area contributed by atoms with Crippen LogP contribution in [0.15, 0.2) is 209 Å². The molecular formula is C50H38O21S6. The summed E-state index contributed by atoms with van der Waals surface area (Å²) in [6, 6.07) is 39.0. The Morgan fingerprint density at radius 3 is 1.10 bits per heavy atom. The maximum Gasteiger partial charge on any atom is 0.298 e. The first-order valence-electron chi connectivity index (χ1n) is 21.6. The number of rotatable bonds is 22. The molecule has 0 aliphatic rings. The molecule has 0 aromatic heterocycles. The van der Waals surface area contributed by atoms with Gasteiger partial charge in [0.1, 0.15) is 61.5 Å². The van der Waals surface area contributed by atoms with Gasteiger partial charge in [0, 0.05) is 4.90 Å². The van der Waals surface area contributed by atoms with E-state index in [4.69, 9.17) is 34.2 Å². The van der Waals surface area contributed by atoms with Crippen LogP contribution in [0.2, 0.25) is 0 Å². The molecule has 0 bridgehead atoms. The molecule has 400 valence electrons. The fourth-order valence-corrected chi connectivity index (χ4v) is 12.2. The molecule has 0 saturated heterocycles. The lowest BCUT2D eigenvalue weighted by molar-refractivity contribution is -0.432. The van der Waals surface area contributed by atoms with E-state index in [-0.39, 0.29) is 54.1 Å². The topological polar surface area (TPSA) is 301 Å². The number of hydrogen-bond acceptors (Lipinski definition) is 21. The predicted octanol–water partition coefficient (Wildman–Crippen LogP) is 11.9. The molecule has 0 heterocycles. The Hall–Kier alpha value is -7.06. The molecule has 0 unspecified atom stereocenters. The summed E-state index contributed by atoms with van der Waals surface area (Å²) in [7, 11) is -17.5. The zero-order valence-corrected chi connectivity index (χ0v) is 44.2. The van der Waals surface area contributed by atoms with E-state index >= 15 is 0 Å². The molecule has 0 aliphatic carbocycles. The van der Waals surface area contributed by atoms with Crippen LogP contribution in [0, 0.1) is 6.92 Å². The molecule has 0 atom stereocenters. The van der Waals surface area contributed by atoms with Gasteiger partial charge in [-0.05, 0) is 163 Å². The molecule has 8 rings (SSSR count). The quantitative estimate of drug-likeness (QED) is 0.0212. The third kappa shape index (κ3) is 13.6. The molecule has 77 heavy (non-hydrogen) atoms. The lowest BCUT2D eigenvalue weighted by atomic mass is 10.1. The van der Waals surface area contributed by atoms with E-state index in [9.17, 15) is 42.8 Å². The van der Waals surface area contributed by atoms with Gasteiger partial charge in [-0.15, -0.1) is 8.67 Å². The molecule has 27 heteroatoms. The first-order valence-corrected chi connectivity index (χ1v) is 28.9. The average molecular weight is 1170 g/mol. The zero-order valence-electron chi connectivity index (χ0n) is 39.3. The molecule has 0 spiro atoms. The highest BCUT2D eigenvalue weighted by atomic mass is 32.2. The van der Waals surface area contributed by atoms with Gasteiger partial charge in [0.25, 0.3) is 20.2 Å². The summed E-state index contributed by atoms with van der Waals surface area (Å²) in [6.07, 6.45) is 0. The number of aryl methyl sites for hydroxylation is 1. The number of benzene rings is 8. The highest BCUT2D eigenvalue weighted by Crippen LogP contribution is 2.40. The van der Waals surface area contributed by atoms with Crippen molar-refractivity contribution >= 4 is 64.0 Å². The maximum absolute atomic E-state index is 14.0. The summed E-state index contributed by atoms with van der Waals surface area (Å²) in [5, 5.41) is 24.8. The van der Waals surface area contributed by atoms with Crippen molar-refractivity contribution in [1.29, 1.82) is 0 Å². The van der Waals surface area contributed by atoms with Crippen LogP contribution >= 0.6 is 24.1 Å². The summed E-state index contributed by atoms with van der Waals surface area (Å²) in [5.74, 6) is 1.34. The largest absolute Gasteiger partial charge is 0.497 e. The third-order valence-electron chi connectivity index (χ3n) is 10.9. The first-order chi connectivity index (χ1) is 36.7. The first kappa shape index (κ1) is 56.2. The lowest BCUT2D eigenvalue weighted by Crippen LogP contribution is -2.07. The molecule has 0 radical (unpaired) electrons. The average Bonchev–Trinajstić information content (AvgIpc) is 3.42. The molecule has 0 fully saturated rings. The van der Waals surface area contributed by atoms with E-state index in [1.54, 1.807) is 79.7 Å². The minimum Gasteiger partial charge on any atom is -0.497 e. The Morgan fingerprint density at radius 1 is 0.377 bits per heavy atom. The van der Waals surface area contributed by atoms with Gasteiger partial charge in [0.2, 0.25) is 19.7 Å². The van der Waals surface area contributed by atoms with E-state index in [1.807, 2.05) is 0 Å². The molecule has 8 aromatic rings. The van der Waals surface area contributed by atoms with Crippen LogP contribution in [0.5, 0.6) is 51.7 Å². The standard InChI is InChI=1S/C50H38O21S6/c1-31-3-20-40(27-47(31)72-70-68-51)74(53,54)42-22-25-45(49(29-42)76(57,58)59)66-38-10-6-33(7-11-38)32-4-8-37(9-5-32)65-44-24-21-41(28-48(44)73-71-69-52)75(55,56)43-23-26-46(50(30-43)77(60,61)62)67-39-18-16-36(17-19-39)64-35-14-12-34(63-2)13-15-35/h3-30,51-52H,1-2H3,(H,57,58,59)(H,60,61,62). The van der Waals surface area contributed by atoms with E-state index in [0.717, 1.165) is 42.5 Å². The van der Waals surface area contributed by atoms with Crippen molar-refractivity contribution in [3.05, 3.63) is 175 Å². The molecule has 4 N–H and O–H groups in total. The monoisotopic (exact) mass is 1170 g/mol. The Labute approximate surface area is 448 Å². The van der Waals surface area contributed by atoms with Gasteiger partial charge in [-0.25, -0.2) is 27.4 Å². The Balaban J connectivity index is 0.957. The van der Waals surface area contributed by atoms with Crippen LogP contribution < -0.4 is 23.7 Å². The summed E-state index contributed by atoms with van der Waals surface area (Å²) in [6.45, 7) is 1.65. The summed E-state index contributed by atoms with van der Waals surface area (Å²) < 4.78 is 163. The second-order valence-electron chi connectivity index (χ2n) is 15.8. The van der Waals surface area contributed by atoms with Gasteiger partial charge in [-0.1, -0.05) is 40.4 Å². The lowest BCUT2D eigenvalue weighted by Gasteiger charge is -2.14. The number of ether oxygens (including phenoxy) is 5. The van der Waals surface area contributed by atoms with Crippen molar-refractivity contribution in [3.63, 3.8) is 0 Å². The van der Waals surface area contributed by atoms with E-state index in [2.05, 4.69) is 18.7 Å². The van der Waals surface area contributed by atoms with Crippen molar-refractivity contribution in [2.45, 2.75) is 46.1 Å². The summed E-state index contributed by atoms with van der Waals surface area (Å²) in [4.78, 5) is -3.08. The van der Waals surface area contributed by atoms with Crippen molar-refractivity contribution in [2.24, 2.45) is 0 Å². The van der Waals surface area contributed by atoms with Gasteiger partial charge in [-0.2, -0.15) is 16.8 Å². The predicted molar refractivity (Wildman–Crippen MR) is 274 cm³/mol. The van der Waals surface area contributed by atoms with Gasteiger partial charge in [-0.3, -0.25) is 9.11 Å². The third-order valence-corrected chi connectivity index (χ3v) is 17.5. The Morgan fingerprint density at radius 2 is 0.701 bits per heavy atom. The summed E-state index contributed by atoms with van der Waals surface area (Å²) in [5.41, 5.74) is 1.88. The van der Waals surface area contributed by atoms with Crippen LogP contribution in [0.1, 0.15) is 5.56 Å². The Kier molecular flexibility index (Phi) is 17.3. The highest BCUT2D eigenvalue weighted by molar-refractivity contribution is 7.95. The highest BCUT2D eigenvalue weighted by Gasteiger charge is 2.28. The smallest absolute Gasteiger partial charge is 0.298 e. The fraction of sp³-hybridized carbons (Fsp3) is 0.0400. The van der Waals surface area contributed by atoms with Gasteiger partial charge in [0.05, 0.1) is 55.7 Å². The number of sulfone groups is 2. The van der Waals surface area contributed by atoms with Crippen LogP contribution in [0.25, 0.3) is 11.1 Å². The second-order valence-corrected chi connectivity index (χ2v) is 23.9. The molecular weight excluding hydrogens is 1130 g/mol. The van der Waals surface area contributed by atoms with Gasteiger partial charge >= 0.3 is 0 Å². The van der Waals surface area contributed by atoms with E-state index in [1.165, 1.54) is 61.7 Å². The molecule has 8 aromatic carbocycles. The molecule has 0 aliphatic heterocycles. The van der Waals surface area contributed by atoms with Crippen LogP contribution in [-0.2, 0) is 58.7 Å². The normalized spacial score (nSPS) is 12.0. The van der Waals surface area contributed by atoms with Crippen LogP contribution in [0.4, 0.5) is 0 Å². The maximum atomic E-state index is 14.0. The minimum absolute atomic E-state index is 0.0246. The van der Waals surface area contributed by atoms with E-state index in [0.29, 0.717) is 58.0 Å². The van der Waals surface area contributed by atoms with Crippen molar-refractivity contribution < 1.29 is 95.7 Å². The zero-order chi connectivity index (χ0) is 55.1. The van der Waals surface area contributed by atoms with Gasteiger partial charge in [0.15, 0.2) is 0 Å². The Bertz CT molecular complexity index is 3900. The van der Waals surface area contributed by atoms with Gasteiger partial charge < -0.3 is 23.7 Å². The molecule has 0 saturated carbocycles. The van der Waals surface area contributed by atoms with Crippen LogP contribution in [-0.4, -0.2) is 60.4 Å². The van der Waals surface area contributed by atoms with Crippen molar-refractivity contribution in [1.82, 2.24) is 0 Å². The van der Waals surface area contributed by atoms with Crippen molar-refractivity contribution in [2.75, 3.05) is 7.11 Å². The SMILES string of the molecule is COc1ccc(Oc2ccc(Oc3ccc(S(=O)(=O)c4ccc(Oc5ccc(-c6ccc(Oc7ccc(S(=O)(=O)c8ccc(C)c(SOOO)c8)cc7S(=O)(=O)O)cc6)cc5)c(SOOO)c4)cc3S(=O)(=O)O)cc2)cc1. The van der Waals surface area contributed by atoms with Crippen molar-refractivity contribution in [3.8, 4) is 62.9 Å². The fourth-order valence-electron chi connectivity index (χ4n) is 7.07. The molecule has 0 amide bonds. The second kappa shape index (κ2) is 23.7.